The maximum absolute atomic E-state index is 11.9. The number of halogens is 1. The highest BCUT2D eigenvalue weighted by Crippen LogP contribution is 2.23. The van der Waals surface area contributed by atoms with Gasteiger partial charge in [0.2, 0.25) is 0 Å². The molecule has 0 spiro atoms. The smallest absolute Gasteiger partial charge is 0.255 e. The number of terminal acetylenes is 1. The van der Waals surface area contributed by atoms with Gasteiger partial charge in [0.15, 0.2) is 0 Å². The third-order valence-corrected chi connectivity index (χ3v) is 2.70. The van der Waals surface area contributed by atoms with Gasteiger partial charge in [-0.1, -0.05) is 15.9 Å². The molecule has 0 aliphatic rings. The van der Waals surface area contributed by atoms with Crippen molar-refractivity contribution in [2.45, 2.75) is 19.4 Å². The third kappa shape index (κ3) is 3.79. The summed E-state index contributed by atoms with van der Waals surface area (Å²) < 4.78 is 6.02. The van der Waals surface area contributed by atoms with E-state index in [9.17, 15) is 4.79 Å². The molecule has 1 rings (SSSR count). The second kappa shape index (κ2) is 6.31. The average molecular weight is 296 g/mol. The number of rotatable bonds is 4. The number of hydrogen-bond acceptors (Lipinski definition) is 2. The number of carbonyl (C=O) groups excluding carboxylic acids is 1. The molecule has 0 saturated heterocycles. The van der Waals surface area contributed by atoms with E-state index in [-0.39, 0.29) is 11.9 Å². The minimum Gasteiger partial charge on any atom is -0.496 e. The Morgan fingerprint density at radius 2 is 2.35 bits per heavy atom. The van der Waals surface area contributed by atoms with Crippen molar-refractivity contribution in [2.24, 2.45) is 0 Å². The maximum atomic E-state index is 11.9. The van der Waals surface area contributed by atoms with Gasteiger partial charge in [0.1, 0.15) is 5.75 Å². The molecule has 3 nitrogen and oxygen atoms in total. The first-order chi connectivity index (χ1) is 8.08. The molecule has 1 amide bonds. The predicted molar refractivity (Wildman–Crippen MR) is 71.1 cm³/mol. The van der Waals surface area contributed by atoms with E-state index in [0.29, 0.717) is 17.7 Å². The minimum atomic E-state index is -0.183. The zero-order valence-corrected chi connectivity index (χ0v) is 11.4. The van der Waals surface area contributed by atoms with E-state index in [1.54, 1.807) is 18.2 Å². The molecule has 0 saturated carbocycles. The van der Waals surface area contributed by atoms with Crippen LogP contribution in [-0.2, 0) is 0 Å². The van der Waals surface area contributed by atoms with Crippen LogP contribution in [0.5, 0.6) is 5.75 Å². The van der Waals surface area contributed by atoms with Crippen molar-refractivity contribution in [3.05, 3.63) is 28.2 Å². The second-order valence-corrected chi connectivity index (χ2v) is 4.54. The monoisotopic (exact) mass is 295 g/mol. The molecule has 0 bridgehead atoms. The zero-order chi connectivity index (χ0) is 12.8. The lowest BCUT2D eigenvalue weighted by molar-refractivity contribution is 0.0938. The molecule has 0 fully saturated rings. The number of methoxy groups -OCH3 is 1. The molecule has 0 heterocycles. The molecular weight excluding hydrogens is 282 g/mol. The first kappa shape index (κ1) is 13.6. The lowest BCUT2D eigenvalue weighted by Crippen LogP contribution is -2.32. The number of carbonyl (C=O) groups is 1. The van der Waals surface area contributed by atoms with E-state index in [4.69, 9.17) is 11.2 Å². The molecule has 17 heavy (non-hydrogen) atoms. The van der Waals surface area contributed by atoms with E-state index in [1.807, 2.05) is 6.92 Å². The van der Waals surface area contributed by atoms with Crippen molar-refractivity contribution in [3.8, 4) is 18.1 Å². The SMILES string of the molecule is C#CCC(C)NC(=O)c1ccc(Br)cc1OC. The first-order valence-corrected chi connectivity index (χ1v) is 5.95. The van der Waals surface area contributed by atoms with Crippen molar-refractivity contribution < 1.29 is 9.53 Å². The largest absolute Gasteiger partial charge is 0.496 e. The lowest BCUT2D eigenvalue weighted by atomic mass is 10.1. The Morgan fingerprint density at radius 3 is 2.94 bits per heavy atom. The van der Waals surface area contributed by atoms with Crippen LogP contribution in [0.4, 0.5) is 0 Å². The molecule has 0 aliphatic heterocycles. The Morgan fingerprint density at radius 1 is 1.65 bits per heavy atom. The van der Waals surface area contributed by atoms with Gasteiger partial charge >= 0.3 is 0 Å². The number of benzene rings is 1. The highest BCUT2D eigenvalue weighted by molar-refractivity contribution is 9.10. The predicted octanol–water partition coefficient (Wildman–Crippen LogP) is 2.60. The lowest BCUT2D eigenvalue weighted by Gasteiger charge is -2.13. The standard InChI is InChI=1S/C13H14BrNO2/c1-4-5-9(2)15-13(16)11-7-6-10(14)8-12(11)17-3/h1,6-9H,5H2,2-3H3,(H,15,16). The van der Waals surface area contributed by atoms with Crippen molar-refractivity contribution in [2.75, 3.05) is 7.11 Å². The quantitative estimate of drug-likeness (QED) is 0.867. The molecule has 0 radical (unpaired) electrons. The van der Waals surface area contributed by atoms with Crippen molar-refractivity contribution in [1.82, 2.24) is 5.32 Å². The van der Waals surface area contributed by atoms with E-state index in [0.717, 1.165) is 4.47 Å². The molecule has 1 N–H and O–H groups in total. The Kier molecular flexibility index (Phi) is 5.05. The van der Waals surface area contributed by atoms with Crippen LogP contribution in [-0.4, -0.2) is 19.1 Å². The first-order valence-electron chi connectivity index (χ1n) is 5.16. The van der Waals surface area contributed by atoms with Gasteiger partial charge in [-0.3, -0.25) is 4.79 Å². The van der Waals surface area contributed by atoms with Gasteiger partial charge in [-0.25, -0.2) is 0 Å². The van der Waals surface area contributed by atoms with E-state index in [2.05, 4.69) is 27.2 Å². The van der Waals surface area contributed by atoms with Crippen LogP contribution < -0.4 is 10.1 Å². The fourth-order valence-corrected chi connectivity index (χ4v) is 1.72. The summed E-state index contributed by atoms with van der Waals surface area (Å²) in [7, 11) is 1.53. The summed E-state index contributed by atoms with van der Waals surface area (Å²) in [5, 5.41) is 2.81. The summed E-state index contributed by atoms with van der Waals surface area (Å²) in [6, 6.07) is 5.20. The zero-order valence-electron chi connectivity index (χ0n) is 9.79. The highest BCUT2D eigenvalue weighted by atomic mass is 79.9. The molecule has 1 unspecified atom stereocenters. The van der Waals surface area contributed by atoms with Crippen LogP contribution in [0.15, 0.2) is 22.7 Å². The fourth-order valence-electron chi connectivity index (χ4n) is 1.38. The van der Waals surface area contributed by atoms with Crippen molar-refractivity contribution in [3.63, 3.8) is 0 Å². The molecule has 1 aromatic rings. The van der Waals surface area contributed by atoms with Gasteiger partial charge in [-0.15, -0.1) is 12.3 Å². The number of amides is 1. The van der Waals surface area contributed by atoms with E-state index in [1.165, 1.54) is 7.11 Å². The van der Waals surface area contributed by atoms with E-state index < -0.39 is 0 Å². The Balaban J connectivity index is 2.86. The molecule has 0 aliphatic carbocycles. The molecular formula is C13H14BrNO2. The summed E-state index contributed by atoms with van der Waals surface area (Å²) in [6.07, 6.45) is 5.69. The van der Waals surface area contributed by atoms with Crippen LogP contribution in [0.3, 0.4) is 0 Å². The molecule has 4 heteroatoms. The van der Waals surface area contributed by atoms with Crippen LogP contribution in [0.25, 0.3) is 0 Å². The molecule has 1 atom stereocenters. The summed E-state index contributed by atoms with van der Waals surface area (Å²) in [5.74, 6) is 2.86. The third-order valence-electron chi connectivity index (χ3n) is 2.21. The van der Waals surface area contributed by atoms with Crippen LogP contribution >= 0.6 is 15.9 Å². The normalized spacial score (nSPS) is 11.4. The average Bonchev–Trinajstić information content (AvgIpc) is 2.28. The number of ether oxygens (including phenoxy) is 1. The summed E-state index contributed by atoms with van der Waals surface area (Å²) in [6.45, 7) is 1.86. The summed E-state index contributed by atoms with van der Waals surface area (Å²) in [5.41, 5.74) is 0.500. The highest BCUT2D eigenvalue weighted by Gasteiger charge is 2.14. The maximum Gasteiger partial charge on any atom is 0.255 e. The van der Waals surface area contributed by atoms with Gasteiger partial charge in [0.25, 0.3) is 5.91 Å². The summed E-state index contributed by atoms with van der Waals surface area (Å²) >= 11 is 3.32. The van der Waals surface area contributed by atoms with Gasteiger partial charge in [-0.05, 0) is 25.1 Å². The number of nitrogens with one attached hydrogen (secondary N) is 1. The van der Waals surface area contributed by atoms with Gasteiger partial charge in [0.05, 0.1) is 12.7 Å². The molecule has 1 aromatic carbocycles. The second-order valence-electron chi connectivity index (χ2n) is 3.63. The van der Waals surface area contributed by atoms with Crippen LogP contribution in [0, 0.1) is 12.3 Å². The van der Waals surface area contributed by atoms with Crippen LogP contribution in [0.2, 0.25) is 0 Å². The van der Waals surface area contributed by atoms with Gasteiger partial charge < -0.3 is 10.1 Å². The minimum absolute atomic E-state index is 0.0548. The van der Waals surface area contributed by atoms with Crippen LogP contribution in [0.1, 0.15) is 23.7 Å². The Labute approximate surface area is 110 Å². The van der Waals surface area contributed by atoms with Crippen molar-refractivity contribution in [1.29, 1.82) is 0 Å². The van der Waals surface area contributed by atoms with Gasteiger partial charge in [0, 0.05) is 16.9 Å². The van der Waals surface area contributed by atoms with E-state index >= 15 is 0 Å². The molecule has 90 valence electrons. The topological polar surface area (TPSA) is 38.3 Å². The fraction of sp³-hybridized carbons (Fsp3) is 0.308. The molecule has 0 aromatic heterocycles. The summed E-state index contributed by atoms with van der Waals surface area (Å²) in [4.78, 5) is 11.9. The Hall–Kier alpha value is -1.47. The van der Waals surface area contributed by atoms with Gasteiger partial charge in [-0.2, -0.15) is 0 Å². The Bertz CT molecular complexity index is 451. The van der Waals surface area contributed by atoms with Crippen molar-refractivity contribution >= 4 is 21.8 Å². The number of hydrogen-bond donors (Lipinski definition) is 1.